The highest BCUT2D eigenvalue weighted by Crippen LogP contribution is 2.28. The molecule has 7 nitrogen and oxygen atoms in total. The summed E-state index contributed by atoms with van der Waals surface area (Å²) in [6.45, 7) is 0.257. The minimum atomic E-state index is -0.271. The molecule has 1 aromatic carbocycles. The summed E-state index contributed by atoms with van der Waals surface area (Å²) in [5, 5.41) is 16.5. The fourth-order valence-corrected chi connectivity index (χ4v) is 3.03. The normalized spacial score (nSPS) is 13.0. The molecule has 2 aromatic rings. The fraction of sp³-hybridized carbons (Fsp3) is 0.214. The zero-order valence-electron chi connectivity index (χ0n) is 11.9. The van der Waals surface area contributed by atoms with Crippen LogP contribution in [0, 0.1) is 3.95 Å². The number of amides is 2. The van der Waals surface area contributed by atoms with Crippen molar-refractivity contribution in [2.45, 2.75) is 13.1 Å². The first-order valence-electron chi connectivity index (χ1n) is 6.72. The van der Waals surface area contributed by atoms with Crippen molar-refractivity contribution in [2.24, 2.45) is 0 Å². The van der Waals surface area contributed by atoms with Crippen molar-refractivity contribution in [3.05, 3.63) is 33.1 Å². The molecule has 0 atom stereocenters. The van der Waals surface area contributed by atoms with Crippen LogP contribution in [-0.4, -0.2) is 28.1 Å². The maximum Gasteiger partial charge on any atom is 0.262 e. The highest BCUT2D eigenvalue weighted by Gasteiger charge is 2.16. The van der Waals surface area contributed by atoms with E-state index in [4.69, 9.17) is 17.0 Å². The van der Waals surface area contributed by atoms with Gasteiger partial charge in [0.05, 0.1) is 11.1 Å². The summed E-state index contributed by atoms with van der Waals surface area (Å²) in [4.78, 5) is 23.3. The van der Waals surface area contributed by atoms with Gasteiger partial charge in [-0.25, -0.2) is 0 Å². The second kappa shape index (κ2) is 6.39. The highest BCUT2D eigenvalue weighted by atomic mass is 32.1. The van der Waals surface area contributed by atoms with Crippen LogP contribution in [0.2, 0.25) is 0 Å². The number of benzene rings is 1. The number of aromatic nitrogens is 1. The first kappa shape index (κ1) is 15.5. The first-order valence-corrected chi connectivity index (χ1v) is 8.01. The van der Waals surface area contributed by atoms with Crippen LogP contribution >= 0.6 is 23.6 Å². The Morgan fingerprint density at radius 3 is 3.09 bits per heavy atom. The Kier molecular flexibility index (Phi) is 4.30. The van der Waals surface area contributed by atoms with Gasteiger partial charge in [-0.3, -0.25) is 14.2 Å². The van der Waals surface area contributed by atoms with E-state index in [9.17, 15) is 14.7 Å². The zero-order valence-corrected chi connectivity index (χ0v) is 13.5. The van der Waals surface area contributed by atoms with Crippen LogP contribution in [-0.2, 0) is 22.7 Å². The third-order valence-electron chi connectivity index (χ3n) is 3.23. The van der Waals surface area contributed by atoms with E-state index in [1.165, 1.54) is 21.3 Å². The lowest BCUT2D eigenvalue weighted by atomic mass is 10.1. The molecule has 3 N–H and O–H groups in total. The smallest absolute Gasteiger partial charge is 0.262 e. The van der Waals surface area contributed by atoms with Crippen molar-refractivity contribution in [3.8, 4) is 11.6 Å². The molecule has 0 saturated heterocycles. The minimum Gasteiger partial charge on any atom is -0.494 e. The van der Waals surface area contributed by atoms with Crippen LogP contribution < -0.4 is 15.4 Å². The van der Waals surface area contributed by atoms with Gasteiger partial charge in [-0.1, -0.05) is 6.07 Å². The van der Waals surface area contributed by atoms with Crippen molar-refractivity contribution >= 4 is 41.1 Å². The van der Waals surface area contributed by atoms with Crippen LogP contribution in [0.3, 0.4) is 0 Å². The Morgan fingerprint density at radius 2 is 2.35 bits per heavy atom. The molecular weight excluding hydrogens is 338 g/mol. The third kappa shape index (κ3) is 3.51. The molecule has 0 radical (unpaired) electrons. The number of hydrogen-bond donors (Lipinski definition) is 3. The number of nitrogens with one attached hydrogen (secondary N) is 2. The zero-order chi connectivity index (χ0) is 16.4. The average molecular weight is 351 g/mol. The lowest BCUT2D eigenvalue weighted by Crippen LogP contribution is -2.28. The molecule has 0 unspecified atom stereocenters. The monoisotopic (exact) mass is 351 g/mol. The van der Waals surface area contributed by atoms with Gasteiger partial charge in [-0.2, -0.15) is 0 Å². The summed E-state index contributed by atoms with van der Waals surface area (Å²) in [6.07, 6.45) is 0. The number of aromatic hydroxyl groups is 1. The first-order chi connectivity index (χ1) is 11.0. The minimum absolute atomic E-state index is 0.00779. The van der Waals surface area contributed by atoms with Crippen molar-refractivity contribution in [3.63, 3.8) is 0 Å². The van der Waals surface area contributed by atoms with Gasteiger partial charge in [0.1, 0.15) is 12.3 Å². The number of fused-ring (bicyclic) bond motifs is 1. The Balaban J connectivity index is 1.62. The molecule has 0 fully saturated rings. The molecule has 3 rings (SSSR count). The van der Waals surface area contributed by atoms with Gasteiger partial charge in [0.15, 0.2) is 10.6 Å². The van der Waals surface area contributed by atoms with Gasteiger partial charge in [-0.15, -0.1) is 11.3 Å². The number of ether oxygens (including phenoxy) is 1. The molecule has 1 aliphatic heterocycles. The van der Waals surface area contributed by atoms with Crippen molar-refractivity contribution in [1.29, 1.82) is 0 Å². The lowest BCUT2D eigenvalue weighted by Gasteiger charge is -2.18. The molecule has 0 saturated carbocycles. The van der Waals surface area contributed by atoms with E-state index in [0.29, 0.717) is 21.9 Å². The second-order valence-electron chi connectivity index (χ2n) is 4.89. The summed E-state index contributed by atoms with van der Waals surface area (Å²) in [7, 11) is 0. The predicted molar refractivity (Wildman–Crippen MR) is 87.2 cm³/mol. The number of nitrogens with zero attached hydrogens (tertiary/aromatic N) is 1. The Labute approximate surface area is 140 Å². The van der Waals surface area contributed by atoms with Crippen molar-refractivity contribution < 1.29 is 19.4 Å². The van der Waals surface area contributed by atoms with Gasteiger partial charge in [0.2, 0.25) is 11.8 Å². The number of anilines is 1. The topological polar surface area (TPSA) is 92.6 Å². The molecular formula is C14H13N3O4S2. The SMILES string of the molecule is O=C(Cn1c(O)csc1=S)NCc1ccc2c(c1)NC(=O)CO2. The summed E-state index contributed by atoms with van der Waals surface area (Å²) in [6, 6.07) is 5.31. The Hall–Kier alpha value is -2.39. The van der Waals surface area contributed by atoms with Crippen LogP contribution in [0.5, 0.6) is 11.6 Å². The molecule has 2 heterocycles. The molecule has 1 aromatic heterocycles. The summed E-state index contributed by atoms with van der Waals surface area (Å²) in [5.74, 6) is 0.103. The molecule has 120 valence electrons. The van der Waals surface area contributed by atoms with Crippen LogP contribution in [0.1, 0.15) is 5.56 Å². The van der Waals surface area contributed by atoms with Crippen LogP contribution in [0.4, 0.5) is 5.69 Å². The van der Waals surface area contributed by atoms with E-state index in [1.807, 2.05) is 6.07 Å². The number of thiazole rings is 1. The molecule has 9 heteroatoms. The molecule has 0 aliphatic carbocycles. The van der Waals surface area contributed by atoms with E-state index in [0.717, 1.165) is 5.56 Å². The quantitative estimate of drug-likeness (QED) is 0.728. The van der Waals surface area contributed by atoms with E-state index >= 15 is 0 Å². The Morgan fingerprint density at radius 1 is 1.52 bits per heavy atom. The lowest BCUT2D eigenvalue weighted by molar-refractivity contribution is -0.122. The van der Waals surface area contributed by atoms with Gasteiger partial charge >= 0.3 is 0 Å². The molecule has 1 aliphatic rings. The molecule has 0 spiro atoms. The molecule has 23 heavy (non-hydrogen) atoms. The number of carbonyl (C=O) groups excluding carboxylic acids is 2. The standard InChI is InChI=1S/C14H13N3O4S2/c18-11(5-17-13(20)7-23-14(17)22)15-4-8-1-2-10-9(3-8)16-12(19)6-21-10/h1-3,7,20H,4-6H2,(H,15,18)(H,16,19). The molecule has 2 amide bonds. The Bertz CT molecular complexity index is 828. The summed E-state index contributed by atoms with van der Waals surface area (Å²) in [5.41, 5.74) is 1.41. The van der Waals surface area contributed by atoms with E-state index in [-0.39, 0.29) is 30.8 Å². The average Bonchev–Trinajstić information content (AvgIpc) is 2.84. The largest absolute Gasteiger partial charge is 0.494 e. The fourth-order valence-electron chi connectivity index (χ4n) is 2.11. The number of hydrogen-bond acceptors (Lipinski definition) is 6. The van der Waals surface area contributed by atoms with Crippen LogP contribution in [0.15, 0.2) is 23.6 Å². The van der Waals surface area contributed by atoms with Gasteiger partial charge in [-0.05, 0) is 29.9 Å². The number of rotatable bonds is 4. The van der Waals surface area contributed by atoms with Crippen molar-refractivity contribution in [2.75, 3.05) is 11.9 Å². The predicted octanol–water partition coefficient (Wildman–Crippen LogP) is 1.63. The summed E-state index contributed by atoms with van der Waals surface area (Å²) < 4.78 is 7.07. The van der Waals surface area contributed by atoms with Gasteiger partial charge in [0, 0.05) is 6.54 Å². The summed E-state index contributed by atoms with van der Waals surface area (Å²) >= 11 is 6.23. The van der Waals surface area contributed by atoms with Gasteiger partial charge < -0.3 is 20.5 Å². The maximum absolute atomic E-state index is 11.9. The van der Waals surface area contributed by atoms with Gasteiger partial charge in [0.25, 0.3) is 5.91 Å². The maximum atomic E-state index is 11.9. The van der Waals surface area contributed by atoms with Crippen molar-refractivity contribution in [1.82, 2.24) is 9.88 Å². The van der Waals surface area contributed by atoms with E-state index < -0.39 is 0 Å². The number of carbonyl (C=O) groups is 2. The molecule has 0 bridgehead atoms. The second-order valence-corrected chi connectivity index (χ2v) is 6.39. The van der Waals surface area contributed by atoms with Crippen LogP contribution in [0.25, 0.3) is 0 Å². The van der Waals surface area contributed by atoms with E-state index in [1.54, 1.807) is 12.1 Å². The highest BCUT2D eigenvalue weighted by molar-refractivity contribution is 7.73. The third-order valence-corrected chi connectivity index (χ3v) is 4.49. The van der Waals surface area contributed by atoms with E-state index in [2.05, 4.69) is 10.6 Å².